The summed E-state index contributed by atoms with van der Waals surface area (Å²) >= 11 is 1.50. The zero-order chi connectivity index (χ0) is 11.0. The summed E-state index contributed by atoms with van der Waals surface area (Å²) in [6.45, 7) is 8.09. The standard InChI is InChI=1S/C9H19O3PS/c1-5-8-9(14-4)13(10,11-6-2)12-7-3/h5,9H,1,6-8H2,2-4H3. The largest absolute Gasteiger partial charge is 0.343 e. The van der Waals surface area contributed by atoms with E-state index in [-0.39, 0.29) is 4.99 Å². The molecule has 0 rings (SSSR count). The summed E-state index contributed by atoms with van der Waals surface area (Å²) in [4.78, 5) is -0.139. The summed E-state index contributed by atoms with van der Waals surface area (Å²) in [5.74, 6) is 0. The van der Waals surface area contributed by atoms with Gasteiger partial charge in [-0.05, 0) is 26.5 Å². The third kappa shape index (κ3) is 4.18. The fraction of sp³-hybridized carbons (Fsp3) is 0.778. The highest BCUT2D eigenvalue weighted by molar-refractivity contribution is 8.04. The van der Waals surface area contributed by atoms with Crippen LogP contribution in [0.3, 0.4) is 0 Å². The topological polar surface area (TPSA) is 35.5 Å². The number of allylic oxidation sites excluding steroid dienone is 1. The lowest BCUT2D eigenvalue weighted by Gasteiger charge is -2.23. The molecular formula is C9H19O3PS. The van der Waals surface area contributed by atoms with E-state index in [1.54, 1.807) is 6.08 Å². The predicted octanol–water partition coefficient (Wildman–Crippen LogP) is 3.52. The van der Waals surface area contributed by atoms with Crippen molar-refractivity contribution in [2.24, 2.45) is 0 Å². The van der Waals surface area contributed by atoms with E-state index in [1.807, 2.05) is 20.1 Å². The third-order valence-electron chi connectivity index (χ3n) is 1.61. The Balaban J connectivity index is 4.56. The highest BCUT2D eigenvalue weighted by Crippen LogP contribution is 2.57. The molecule has 3 nitrogen and oxygen atoms in total. The summed E-state index contributed by atoms with van der Waals surface area (Å²) in [5.41, 5.74) is 0. The van der Waals surface area contributed by atoms with Gasteiger partial charge in [0.2, 0.25) is 0 Å². The predicted molar refractivity (Wildman–Crippen MR) is 63.0 cm³/mol. The second kappa shape index (κ2) is 7.52. The molecular weight excluding hydrogens is 219 g/mol. The summed E-state index contributed by atoms with van der Waals surface area (Å²) < 4.78 is 22.7. The number of hydrogen-bond acceptors (Lipinski definition) is 4. The molecule has 0 aromatic heterocycles. The molecule has 0 saturated carbocycles. The van der Waals surface area contributed by atoms with Crippen LogP contribution in [0, 0.1) is 0 Å². The van der Waals surface area contributed by atoms with Gasteiger partial charge >= 0.3 is 7.60 Å². The molecule has 14 heavy (non-hydrogen) atoms. The van der Waals surface area contributed by atoms with Gasteiger partial charge in [-0.3, -0.25) is 4.57 Å². The minimum absolute atomic E-state index is 0.139. The molecule has 0 aromatic rings. The Hall–Kier alpha value is 0.240. The van der Waals surface area contributed by atoms with Gasteiger partial charge in [0.05, 0.1) is 13.2 Å². The fourth-order valence-electron chi connectivity index (χ4n) is 1.06. The van der Waals surface area contributed by atoms with E-state index in [0.29, 0.717) is 19.6 Å². The van der Waals surface area contributed by atoms with Crippen LogP contribution in [0.15, 0.2) is 12.7 Å². The summed E-state index contributed by atoms with van der Waals surface area (Å²) in [6.07, 6.45) is 4.28. The van der Waals surface area contributed by atoms with Crippen molar-refractivity contribution in [1.29, 1.82) is 0 Å². The molecule has 1 atom stereocenters. The molecule has 0 heterocycles. The molecule has 0 aromatic carbocycles. The van der Waals surface area contributed by atoms with E-state index in [0.717, 1.165) is 0 Å². The second-order valence-electron chi connectivity index (χ2n) is 2.59. The van der Waals surface area contributed by atoms with Crippen molar-refractivity contribution in [2.75, 3.05) is 19.5 Å². The van der Waals surface area contributed by atoms with Crippen molar-refractivity contribution >= 4 is 19.4 Å². The van der Waals surface area contributed by atoms with Crippen LogP contribution in [0.25, 0.3) is 0 Å². The molecule has 0 fully saturated rings. The molecule has 1 unspecified atom stereocenters. The van der Waals surface area contributed by atoms with Crippen LogP contribution in [-0.2, 0) is 13.6 Å². The summed E-state index contributed by atoms with van der Waals surface area (Å²) in [7, 11) is -2.95. The summed E-state index contributed by atoms with van der Waals surface area (Å²) in [5, 5.41) is 0. The first kappa shape index (κ1) is 14.2. The zero-order valence-electron chi connectivity index (χ0n) is 9.06. The van der Waals surface area contributed by atoms with E-state index in [1.165, 1.54) is 11.8 Å². The monoisotopic (exact) mass is 238 g/mol. The Morgan fingerprint density at radius 3 is 2.21 bits per heavy atom. The van der Waals surface area contributed by atoms with Crippen LogP contribution in [0.2, 0.25) is 0 Å². The Morgan fingerprint density at radius 1 is 1.43 bits per heavy atom. The van der Waals surface area contributed by atoms with Gasteiger partial charge in [-0.25, -0.2) is 0 Å². The first-order valence-corrected chi connectivity index (χ1v) is 7.57. The van der Waals surface area contributed by atoms with Gasteiger partial charge in [0.1, 0.15) is 4.99 Å². The fourth-order valence-corrected chi connectivity index (χ4v) is 4.32. The number of thioether (sulfide) groups is 1. The number of hydrogen-bond donors (Lipinski definition) is 0. The van der Waals surface area contributed by atoms with E-state index in [9.17, 15) is 4.57 Å². The van der Waals surface area contributed by atoms with Crippen molar-refractivity contribution in [3.8, 4) is 0 Å². The van der Waals surface area contributed by atoms with Crippen LogP contribution in [0.1, 0.15) is 20.3 Å². The van der Waals surface area contributed by atoms with Gasteiger partial charge in [-0.2, -0.15) is 0 Å². The average molecular weight is 238 g/mol. The molecule has 0 saturated heterocycles. The smallest absolute Gasteiger partial charge is 0.308 e. The van der Waals surface area contributed by atoms with Gasteiger partial charge in [0, 0.05) is 0 Å². The lowest BCUT2D eigenvalue weighted by molar-refractivity contribution is 0.218. The molecule has 0 radical (unpaired) electrons. The molecule has 0 aliphatic heterocycles. The molecule has 0 N–H and O–H groups in total. The molecule has 0 spiro atoms. The highest BCUT2D eigenvalue weighted by Gasteiger charge is 2.33. The maximum Gasteiger partial charge on any atom is 0.343 e. The molecule has 0 aliphatic rings. The molecule has 84 valence electrons. The maximum absolute atomic E-state index is 12.2. The van der Waals surface area contributed by atoms with Crippen molar-refractivity contribution in [1.82, 2.24) is 0 Å². The van der Waals surface area contributed by atoms with Crippen LogP contribution in [-0.4, -0.2) is 24.5 Å². The quantitative estimate of drug-likeness (QED) is 0.479. The normalized spacial score (nSPS) is 13.9. The van der Waals surface area contributed by atoms with E-state index in [2.05, 4.69) is 6.58 Å². The van der Waals surface area contributed by atoms with E-state index < -0.39 is 7.60 Å². The van der Waals surface area contributed by atoms with Crippen molar-refractivity contribution in [3.05, 3.63) is 12.7 Å². The Labute approximate surface area is 90.8 Å². The van der Waals surface area contributed by atoms with Gasteiger partial charge in [-0.15, -0.1) is 18.3 Å². The van der Waals surface area contributed by atoms with Crippen molar-refractivity contribution < 1.29 is 13.6 Å². The molecule has 0 aliphatic carbocycles. The molecule has 0 amide bonds. The average Bonchev–Trinajstić information content (AvgIpc) is 2.14. The van der Waals surface area contributed by atoms with Gasteiger partial charge in [0.15, 0.2) is 0 Å². The Kier molecular flexibility index (Phi) is 7.65. The molecule has 5 heteroatoms. The first-order chi connectivity index (χ1) is 6.64. The van der Waals surface area contributed by atoms with Crippen LogP contribution in [0.5, 0.6) is 0 Å². The third-order valence-corrected chi connectivity index (χ3v) is 5.91. The zero-order valence-corrected chi connectivity index (χ0v) is 10.8. The Morgan fingerprint density at radius 2 is 1.93 bits per heavy atom. The minimum atomic E-state index is -2.95. The lowest BCUT2D eigenvalue weighted by Crippen LogP contribution is -2.08. The van der Waals surface area contributed by atoms with Gasteiger partial charge < -0.3 is 9.05 Å². The van der Waals surface area contributed by atoms with E-state index >= 15 is 0 Å². The second-order valence-corrected chi connectivity index (χ2v) is 6.20. The van der Waals surface area contributed by atoms with Gasteiger partial charge in [-0.1, -0.05) is 6.08 Å². The van der Waals surface area contributed by atoms with Gasteiger partial charge in [0.25, 0.3) is 0 Å². The SMILES string of the molecule is C=CCC(SC)P(=O)(OCC)OCC. The first-order valence-electron chi connectivity index (χ1n) is 4.67. The minimum Gasteiger partial charge on any atom is -0.308 e. The van der Waals surface area contributed by atoms with Crippen LogP contribution < -0.4 is 0 Å². The van der Waals surface area contributed by atoms with Crippen LogP contribution >= 0.6 is 19.4 Å². The highest BCUT2D eigenvalue weighted by atomic mass is 32.2. The molecule has 0 bridgehead atoms. The van der Waals surface area contributed by atoms with E-state index in [4.69, 9.17) is 9.05 Å². The lowest BCUT2D eigenvalue weighted by atomic mass is 10.5. The number of rotatable bonds is 8. The maximum atomic E-state index is 12.2. The van der Waals surface area contributed by atoms with Crippen LogP contribution in [0.4, 0.5) is 0 Å². The van der Waals surface area contributed by atoms with Crippen molar-refractivity contribution in [2.45, 2.75) is 25.3 Å². The van der Waals surface area contributed by atoms with Crippen molar-refractivity contribution in [3.63, 3.8) is 0 Å². The Bertz CT molecular complexity index is 198. The summed E-state index contributed by atoms with van der Waals surface area (Å²) in [6, 6.07) is 0.